The van der Waals surface area contributed by atoms with Crippen LogP contribution in [0.4, 0.5) is 0 Å². The van der Waals surface area contributed by atoms with Gasteiger partial charge in [-0.2, -0.15) is 4.98 Å². The number of amides is 1. The van der Waals surface area contributed by atoms with E-state index in [1.807, 2.05) is 29.8 Å². The number of thiazole rings is 1. The highest BCUT2D eigenvalue weighted by atomic mass is 32.1. The van der Waals surface area contributed by atoms with Gasteiger partial charge in [-0.05, 0) is 37.8 Å². The van der Waals surface area contributed by atoms with E-state index in [0.29, 0.717) is 25.1 Å². The van der Waals surface area contributed by atoms with Crippen LogP contribution in [0.1, 0.15) is 40.2 Å². The van der Waals surface area contributed by atoms with Gasteiger partial charge >= 0.3 is 5.69 Å². The van der Waals surface area contributed by atoms with Crippen LogP contribution in [0.3, 0.4) is 0 Å². The molecule has 3 heterocycles. The smallest absolute Gasteiger partial charge is 0.346 e. The molecule has 0 bridgehead atoms. The normalized spacial score (nSPS) is 12.1. The van der Waals surface area contributed by atoms with Crippen LogP contribution in [0, 0.1) is 13.8 Å². The average Bonchev–Trinajstić information content (AvgIpc) is 3.30. The van der Waals surface area contributed by atoms with E-state index in [-0.39, 0.29) is 17.6 Å². The minimum absolute atomic E-state index is 0.0301. The molecule has 1 atom stereocenters. The summed E-state index contributed by atoms with van der Waals surface area (Å²) in [6, 6.07) is 5.83. The third-order valence-corrected chi connectivity index (χ3v) is 5.99. The topological polar surface area (TPSA) is 76.9 Å². The summed E-state index contributed by atoms with van der Waals surface area (Å²) in [7, 11) is 0. The summed E-state index contributed by atoms with van der Waals surface area (Å²) in [5.74, 6) is -0.0301. The zero-order valence-electron chi connectivity index (χ0n) is 15.3. The zero-order valence-corrected chi connectivity index (χ0v) is 17.0. The zero-order chi connectivity index (χ0) is 19.2. The summed E-state index contributed by atoms with van der Waals surface area (Å²) in [5, 5.41) is 7.96. The molecule has 6 nitrogen and oxygen atoms in total. The van der Waals surface area contributed by atoms with Crippen molar-refractivity contribution in [2.24, 2.45) is 0 Å². The van der Waals surface area contributed by atoms with E-state index in [1.165, 1.54) is 4.88 Å². The fraction of sp³-hybridized carbons (Fsp3) is 0.368. The Morgan fingerprint density at radius 3 is 2.81 bits per heavy atom. The van der Waals surface area contributed by atoms with Crippen molar-refractivity contribution in [1.29, 1.82) is 0 Å². The molecule has 0 aliphatic heterocycles. The molecule has 0 aromatic carbocycles. The van der Waals surface area contributed by atoms with Gasteiger partial charge < -0.3 is 5.32 Å². The van der Waals surface area contributed by atoms with Gasteiger partial charge in [-0.15, -0.1) is 22.7 Å². The van der Waals surface area contributed by atoms with Crippen molar-refractivity contribution in [1.82, 2.24) is 19.9 Å². The molecule has 3 aromatic heterocycles. The molecule has 142 valence electrons. The molecule has 1 N–H and O–H groups in total. The predicted molar refractivity (Wildman–Crippen MR) is 108 cm³/mol. The molecule has 0 saturated carbocycles. The van der Waals surface area contributed by atoms with E-state index in [9.17, 15) is 9.59 Å². The second-order valence-electron chi connectivity index (χ2n) is 6.35. The molecule has 0 aliphatic carbocycles. The van der Waals surface area contributed by atoms with Gasteiger partial charge in [0.05, 0.1) is 6.04 Å². The molecule has 3 aromatic rings. The molecule has 0 saturated heterocycles. The SMILES string of the molecule is Cc1cc(C)n(CCCC(=O)NC(Cc2cccs2)c2nccs2)c(=O)n1. The van der Waals surface area contributed by atoms with Gasteiger partial charge in [-0.1, -0.05) is 6.07 Å². The highest BCUT2D eigenvalue weighted by Crippen LogP contribution is 2.23. The molecule has 0 fully saturated rings. The first-order chi connectivity index (χ1) is 13.0. The van der Waals surface area contributed by atoms with Crippen LogP contribution in [-0.4, -0.2) is 20.4 Å². The first kappa shape index (κ1) is 19.4. The van der Waals surface area contributed by atoms with Crippen molar-refractivity contribution in [2.75, 3.05) is 0 Å². The molecular formula is C19H22N4O2S2. The molecule has 1 unspecified atom stereocenters. The van der Waals surface area contributed by atoms with Gasteiger partial charge in [0.1, 0.15) is 5.01 Å². The van der Waals surface area contributed by atoms with E-state index in [0.717, 1.165) is 17.1 Å². The summed E-state index contributed by atoms with van der Waals surface area (Å²) >= 11 is 3.22. The molecule has 0 spiro atoms. The van der Waals surface area contributed by atoms with Crippen LogP contribution in [-0.2, 0) is 17.8 Å². The molecule has 8 heteroatoms. The van der Waals surface area contributed by atoms with Crippen LogP contribution in [0.25, 0.3) is 0 Å². The Hall–Kier alpha value is -2.32. The lowest BCUT2D eigenvalue weighted by atomic mass is 10.1. The van der Waals surface area contributed by atoms with Crippen LogP contribution >= 0.6 is 22.7 Å². The van der Waals surface area contributed by atoms with Gasteiger partial charge in [0.2, 0.25) is 5.91 Å². The van der Waals surface area contributed by atoms with E-state index in [4.69, 9.17) is 0 Å². The minimum Gasteiger partial charge on any atom is -0.346 e. The number of hydrogen-bond donors (Lipinski definition) is 1. The van der Waals surface area contributed by atoms with E-state index in [1.54, 1.807) is 40.4 Å². The Morgan fingerprint density at radius 1 is 1.30 bits per heavy atom. The third-order valence-electron chi connectivity index (χ3n) is 4.20. The lowest BCUT2D eigenvalue weighted by molar-refractivity contribution is -0.122. The highest BCUT2D eigenvalue weighted by molar-refractivity contribution is 7.10. The number of aryl methyl sites for hydroxylation is 2. The lowest BCUT2D eigenvalue weighted by Crippen LogP contribution is -2.30. The fourth-order valence-corrected chi connectivity index (χ4v) is 4.39. The quantitative estimate of drug-likeness (QED) is 0.627. The maximum atomic E-state index is 12.5. The fourth-order valence-electron chi connectivity index (χ4n) is 2.95. The van der Waals surface area contributed by atoms with Crippen molar-refractivity contribution in [3.05, 3.63) is 66.9 Å². The standard InChI is InChI=1S/C19H22N4O2S2/c1-13-11-14(2)23(19(25)21-13)8-3-6-17(24)22-16(18-20-7-10-27-18)12-15-5-4-9-26-15/h4-5,7,9-11,16H,3,6,8,12H2,1-2H3,(H,22,24). The molecular weight excluding hydrogens is 380 g/mol. The number of rotatable bonds is 8. The Balaban J connectivity index is 1.57. The van der Waals surface area contributed by atoms with Crippen molar-refractivity contribution in [3.63, 3.8) is 0 Å². The van der Waals surface area contributed by atoms with E-state index < -0.39 is 0 Å². The summed E-state index contributed by atoms with van der Waals surface area (Å²) in [6.07, 6.45) is 3.43. The second kappa shape index (κ2) is 9.05. The first-order valence-corrected chi connectivity index (χ1v) is 10.5. The third kappa shape index (κ3) is 5.33. The number of carbonyl (C=O) groups is 1. The number of hydrogen-bond acceptors (Lipinski definition) is 6. The van der Waals surface area contributed by atoms with Crippen LogP contribution < -0.4 is 11.0 Å². The van der Waals surface area contributed by atoms with Gasteiger partial charge in [0.15, 0.2) is 0 Å². The molecule has 0 aliphatic rings. The maximum absolute atomic E-state index is 12.5. The van der Waals surface area contributed by atoms with Crippen LogP contribution in [0.5, 0.6) is 0 Å². The summed E-state index contributed by atoms with van der Waals surface area (Å²) < 4.78 is 1.62. The minimum atomic E-state index is -0.258. The lowest BCUT2D eigenvalue weighted by Gasteiger charge is -2.16. The van der Waals surface area contributed by atoms with Gasteiger partial charge in [0.25, 0.3) is 0 Å². The highest BCUT2D eigenvalue weighted by Gasteiger charge is 2.18. The number of nitrogens with one attached hydrogen (secondary N) is 1. The van der Waals surface area contributed by atoms with E-state index in [2.05, 4.69) is 21.4 Å². The van der Waals surface area contributed by atoms with Crippen molar-refractivity contribution in [3.8, 4) is 0 Å². The number of thiophene rings is 1. The maximum Gasteiger partial charge on any atom is 0.347 e. The number of carbonyl (C=O) groups excluding carboxylic acids is 1. The molecule has 3 rings (SSSR count). The van der Waals surface area contributed by atoms with E-state index >= 15 is 0 Å². The Kier molecular flexibility index (Phi) is 6.52. The summed E-state index contributed by atoms with van der Waals surface area (Å²) in [5.41, 5.74) is 1.32. The number of nitrogens with zero attached hydrogens (tertiary/aromatic N) is 3. The van der Waals surface area contributed by atoms with Gasteiger partial charge in [0, 0.05) is 47.2 Å². The number of aromatic nitrogens is 3. The second-order valence-corrected chi connectivity index (χ2v) is 8.31. The van der Waals surface area contributed by atoms with Crippen molar-refractivity contribution in [2.45, 2.75) is 45.7 Å². The molecule has 0 radical (unpaired) electrons. The Morgan fingerprint density at radius 2 is 2.15 bits per heavy atom. The summed E-state index contributed by atoms with van der Waals surface area (Å²) in [6.45, 7) is 4.17. The van der Waals surface area contributed by atoms with Gasteiger partial charge in [-0.3, -0.25) is 9.36 Å². The largest absolute Gasteiger partial charge is 0.347 e. The van der Waals surface area contributed by atoms with Crippen LogP contribution in [0.2, 0.25) is 0 Å². The predicted octanol–water partition coefficient (Wildman–Crippen LogP) is 3.26. The monoisotopic (exact) mass is 402 g/mol. The first-order valence-electron chi connectivity index (χ1n) is 8.79. The molecule has 27 heavy (non-hydrogen) atoms. The van der Waals surface area contributed by atoms with Crippen molar-refractivity contribution >= 4 is 28.6 Å². The Bertz CT molecular complexity index is 933. The molecule has 1 amide bonds. The Labute approximate surface area is 165 Å². The van der Waals surface area contributed by atoms with Crippen LogP contribution in [0.15, 0.2) is 40.0 Å². The van der Waals surface area contributed by atoms with Crippen molar-refractivity contribution < 1.29 is 4.79 Å². The average molecular weight is 403 g/mol. The summed E-state index contributed by atoms with van der Waals surface area (Å²) in [4.78, 5) is 34.0. The van der Waals surface area contributed by atoms with Gasteiger partial charge in [-0.25, -0.2) is 9.78 Å².